The van der Waals surface area contributed by atoms with Crippen molar-refractivity contribution in [2.45, 2.75) is 37.7 Å². The molecule has 1 saturated heterocycles. The third kappa shape index (κ3) is 5.01. The Bertz CT molecular complexity index is 373. The zero-order valence-corrected chi connectivity index (χ0v) is 11.9. The first-order chi connectivity index (χ1) is 9.24. The molecule has 0 aliphatic carbocycles. The van der Waals surface area contributed by atoms with Crippen LogP contribution in [0.1, 0.15) is 32.1 Å². The van der Waals surface area contributed by atoms with Crippen LogP contribution in [0.15, 0.2) is 24.3 Å². The quantitative estimate of drug-likeness (QED) is 0.558. The summed E-state index contributed by atoms with van der Waals surface area (Å²) in [5.41, 5.74) is -0.181. The Morgan fingerprint density at radius 2 is 1.84 bits per heavy atom. The van der Waals surface area contributed by atoms with E-state index >= 15 is 0 Å². The molecule has 0 aromatic heterocycles. The third-order valence-corrected chi connectivity index (χ3v) is 3.70. The molecule has 3 nitrogen and oxygen atoms in total. The summed E-state index contributed by atoms with van der Waals surface area (Å²) in [6.07, 6.45) is 5.45. The minimum atomic E-state index is -0.181. The number of unbranched alkanes of at least 4 members (excludes halogenated alkanes) is 3. The molecule has 1 N–H and O–H groups in total. The Labute approximate surface area is 119 Å². The Kier molecular flexibility index (Phi) is 5.49. The molecule has 1 heterocycles. The van der Waals surface area contributed by atoms with E-state index in [1.807, 2.05) is 24.3 Å². The van der Waals surface area contributed by atoms with Crippen molar-refractivity contribution in [3.63, 3.8) is 0 Å². The highest BCUT2D eigenvalue weighted by Crippen LogP contribution is 2.32. The van der Waals surface area contributed by atoms with E-state index in [0.717, 1.165) is 56.1 Å². The van der Waals surface area contributed by atoms with Gasteiger partial charge < -0.3 is 14.6 Å². The number of aliphatic hydroxyl groups is 1. The van der Waals surface area contributed by atoms with Crippen LogP contribution in [0, 0.1) is 0 Å². The van der Waals surface area contributed by atoms with Gasteiger partial charge >= 0.3 is 0 Å². The third-order valence-electron chi connectivity index (χ3n) is 3.45. The molecule has 1 aromatic rings. The summed E-state index contributed by atoms with van der Waals surface area (Å²) >= 11 is 5.80. The standard InChI is InChI=1S/C15H21ClO3/c16-13-5-7-14(8-6-13)18-10-4-2-1-3-9-15(11-17)12-19-15/h5-8,17H,1-4,9-12H2. The minimum Gasteiger partial charge on any atom is -0.494 e. The second-order valence-corrected chi connectivity index (χ2v) is 5.53. The van der Waals surface area contributed by atoms with Crippen molar-refractivity contribution in [1.29, 1.82) is 0 Å². The van der Waals surface area contributed by atoms with Crippen LogP contribution >= 0.6 is 11.6 Å². The molecular weight excluding hydrogens is 264 g/mol. The van der Waals surface area contributed by atoms with E-state index in [-0.39, 0.29) is 12.2 Å². The van der Waals surface area contributed by atoms with Gasteiger partial charge in [0.2, 0.25) is 0 Å². The van der Waals surface area contributed by atoms with Gasteiger partial charge in [0.25, 0.3) is 0 Å². The van der Waals surface area contributed by atoms with Crippen molar-refractivity contribution in [3.05, 3.63) is 29.3 Å². The van der Waals surface area contributed by atoms with E-state index in [0.29, 0.717) is 0 Å². The fraction of sp³-hybridized carbons (Fsp3) is 0.600. The predicted octanol–water partition coefficient (Wildman–Crippen LogP) is 3.43. The number of hydrogen-bond acceptors (Lipinski definition) is 3. The van der Waals surface area contributed by atoms with Crippen molar-refractivity contribution in [1.82, 2.24) is 0 Å². The maximum Gasteiger partial charge on any atom is 0.119 e. The lowest BCUT2D eigenvalue weighted by molar-refractivity contribution is 0.161. The summed E-state index contributed by atoms with van der Waals surface area (Å²) in [7, 11) is 0. The van der Waals surface area contributed by atoms with Crippen LogP contribution in [0.2, 0.25) is 5.02 Å². The topological polar surface area (TPSA) is 42.0 Å². The number of benzene rings is 1. The second kappa shape index (κ2) is 7.13. The van der Waals surface area contributed by atoms with Gasteiger partial charge in [-0.2, -0.15) is 0 Å². The Hall–Kier alpha value is -0.770. The summed E-state index contributed by atoms with van der Waals surface area (Å²) in [6, 6.07) is 7.44. The molecular formula is C15H21ClO3. The van der Waals surface area contributed by atoms with Gasteiger partial charge in [0.05, 0.1) is 19.8 Å². The van der Waals surface area contributed by atoms with Gasteiger partial charge in [0, 0.05) is 5.02 Å². The molecule has 0 spiro atoms. The van der Waals surface area contributed by atoms with Crippen LogP contribution in [0.25, 0.3) is 0 Å². The van der Waals surface area contributed by atoms with Gasteiger partial charge in [-0.25, -0.2) is 0 Å². The number of halogens is 1. The summed E-state index contributed by atoms with van der Waals surface area (Å²) in [5, 5.41) is 9.82. The maximum absolute atomic E-state index is 9.09. The number of ether oxygens (including phenoxy) is 2. The smallest absolute Gasteiger partial charge is 0.119 e. The number of rotatable bonds is 9. The first-order valence-electron chi connectivity index (χ1n) is 6.87. The molecule has 106 valence electrons. The second-order valence-electron chi connectivity index (χ2n) is 5.10. The zero-order chi connectivity index (χ0) is 13.6. The SMILES string of the molecule is OCC1(CCCCCCOc2ccc(Cl)cc2)CO1. The van der Waals surface area contributed by atoms with E-state index in [4.69, 9.17) is 26.2 Å². The molecule has 4 heteroatoms. The number of aliphatic hydroxyl groups excluding tert-OH is 1. The van der Waals surface area contributed by atoms with Gasteiger partial charge in [-0.3, -0.25) is 0 Å². The molecule has 0 saturated carbocycles. The highest BCUT2D eigenvalue weighted by molar-refractivity contribution is 6.30. The van der Waals surface area contributed by atoms with E-state index in [1.54, 1.807) is 0 Å². The molecule has 1 aromatic carbocycles. The first kappa shape index (κ1) is 14.6. The lowest BCUT2D eigenvalue weighted by atomic mass is 10.0. The summed E-state index contributed by atoms with van der Waals surface area (Å²) in [4.78, 5) is 0. The zero-order valence-electron chi connectivity index (χ0n) is 11.1. The van der Waals surface area contributed by atoms with E-state index < -0.39 is 0 Å². The molecule has 0 amide bonds. The van der Waals surface area contributed by atoms with Crippen molar-refractivity contribution in [2.75, 3.05) is 19.8 Å². The number of hydrogen-bond donors (Lipinski definition) is 1. The Morgan fingerprint density at radius 1 is 1.16 bits per heavy atom. The highest BCUT2D eigenvalue weighted by Gasteiger charge is 2.43. The molecule has 1 fully saturated rings. The van der Waals surface area contributed by atoms with E-state index in [2.05, 4.69) is 0 Å². The van der Waals surface area contributed by atoms with Gasteiger partial charge in [-0.15, -0.1) is 0 Å². The fourth-order valence-electron chi connectivity index (χ4n) is 2.04. The van der Waals surface area contributed by atoms with Crippen molar-refractivity contribution >= 4 is 11.6 Å². The van der Waals surface area contributed by atoms with Crippen LogP contribution < -0.4 is 4.74 Å². The predicted molar refractivity (Wildman–Crippen MR) is 75.8 cm³/mol. The molecule has 1 unspecified atom stereocenters. The normalized spacial score (nSPS) is 21.4. The Balaban J connectivity index is 1.47. The fourth-order valence-corrected chi connectivity index (χ4v) is 2.17. The summed E-state index contributed by atoms with van der Waals surface area (Å²) in [5.74, 6) is 0.870. The van der Waals surface area contributed by atoms with Crippen molar-refractivity contribution in [3.8, 4) is 5.75 Å². The minimum absolute atomic E-state index is 0.159. The molecule has 1 aliphatic heterocycles. The molecule has 1 aliphatic rings. The van der Waals surface area contributed by atoms with Gasteiger partial charge in [0.1, 0.15) is 11.4 Å². The maximum atomic E-state index is 9.09. The van der Waals surface area contributed by atoms with E-state index in [9.17, 15) is 0 Å². The van der Waals surface area contributed by atoms with Crippen LogP contribution in [0.5, 0.6) is 5.75 Å². The molecule has 0 bridgehead atoms. The molecule has 19 heavy (non-hydrogen) atoms. The summed E-state index contributed by atoms with van der Waals surface area (Å²) < 4.78 is 10.9. The summed E-state index contributed by atoms with van der Waals surface area (Å²) in [6.45, 7) is 1.62. The van der Waals surface area contributed by atoms with E-state index in [1.165, 1.54) is 0 Å². The molecule has 0 radical (unpaired) electrons. The molecule has 2 rings (SSSR count). The molecule has 1 atom stereocenters. The largest absolute Gasteiger partial charge is 0.494 e. The monoisotopic (exact) mass is 284 g/mol. The van der Waals surface area contributed by atoms with Gasteiger partial charge in [0.15, 0.2) is 0 Å². The van der Waals surface area contributed by atoms with Crippen LogP contribution in [-0.2, 0) is 4.74 Å². The highest BCUT2D eigenvalue weighted by atomic mass is 35.5. The van der Waals surface area contributed by atoms with Crippen LogP contribution in [0.3, 0.4) is 0 Å². The lowest BCUT2D eigenvalue weighted by Gasteiger charge is -2.08. The van der Waals surface area contributed by atoms with Gasteiger partial charge in [-0.1, -0.05) is 30.9 Å². The average molecular weight is 285 g/mol. The van der Waals surface area contributed by atoms with Gasteiger partial charge in [-0.05, 0) is 37.1 Å². The van der Waals surface area contributed by atoms with Crippen LogP contribution in [-0.4, -0.2) is 30.5 Å². The lowest BCUT2D eigenvalue weighted by Crippen LogP contribution is -2.16. The Morgan fingerprint density at radius 3 is 2.47 bits per heavy atom. The van der Waals surface area contributed by atoms with Crippen molar-refractivity contribution < 1.29 is 14.6 Å². The van der Waals surface area contributed by atoms with Crippen molar-refractivity contribution in [2.24, 2.45) is 0 Å². The first-order valence-corrected chi connectivity index (χ1v) is 7.25. The average Bonchev–Trinajstić information content (AvgIpc) is 3.20. The van der Waals surface area contributed by atoms with Crippen LogP contribution in [0.4, 0.5) is 0 Å². The number of epoxide rings is 1.